The maximum atomic E-state index is 11.8. The van der Waals surface area contributed by atoms with Crippen LogP contribution in [0.4, 0.5) is 0 Å². The zero-order chi connectivity index (χ0) is 12.8. The molecule has 0 spiro atoms. The van der Waals surface area contributed by atoms with Crippen LogP contribution >= 0.6 is 0 Å². The molecular formula is C11H17N2O4-. The van der Waals surface area contributed by atoms with Crippen molar-refractivity contribution in [3.8, 4) is 0 Å². The molecule has 2 aliphatic rings. The van der Waals surface area contributed by atoms with Crippen LogP contribution in [0.2, 0.25) is 0 Å². The van der Waals surface area contributed by atoms with Gasteiger partial charge in [-0.15, -0.1) is 0 Å². The lowest BCUT2D eigenvalue weighted by Gasteiger charge is -2.28. The molecule has 6 heteroatoms. The number of esters is 1. The van der Waals surface area contributed by atoms with E-state index in [1.807, 2.05) is 6.92 Å². The average Bonchev–Trinajstić information content (AvgIpc) is 2.82. The molecule has 1 aliphatic carbocycles. The Bertz CT molecular complexity index is 359. The minimum atomic E-state index is -0.918. The molecule has 17 heavy (non-hydrogen) atoms. The number of ketones is 1. The first-order valence-electron chi connectivity index (χ1n) is 5.84. The summed E-state index contributed by atoms with van der Waals surface area (Å²) in [7, 11) is 0. The number of carbonyl (C=O) groups is 2. The van der Waals surface area contributed by atoms with Crippen molar-refractivity contribution >= 4 is 11.8 Å². The molecule has 6 nitrogen and oxygen atoms in total. The zero-order valence-electron chi connectivity index (χ0n) is 10.2. The van der Waals surface area contributed by atoms with E-state index in [1.165, 1.54) is 0 Å². The molecule has 0 aromatic heterocycles. The van der Waals surface area contributed by atoms with Gasteiger partial charge in [-0.3, -0.25) is 15.0 Å². The summed E-state index contributed by atoms with van der Waals surface area (Å²) in [6, 6.07) is 0. The van der Waals surface area contributed by atoms with Gasteiger partial charge in [0.05, 0.1) is 24.6 Å². The number of nitrogens with one attached hydrogen (secondary N) is 1. The summed E-state index contributed by atoms with van der Waals surface area (Å²) >= 11 is 0. The third kappa shape index (κ3) is 1.86. The van der Waals surface area contributed by atoms with Gasteiger partial charge in [-0.05, 0) is 19.8 Å². The lowest BCUT2D eigenvalue weighted by Crippen LogP contribution is -2.48. The molecule has 1 heterocycles. The molecule has 2 fully saturated rings. The molecule has 0 aromatic rings. The molecule has 1 saturated carbocycles. The third-order valence-corrected chi connectivity index (χ3v) is 3.83. The van der Waals surface area contributed by atoms with Crippen LogP contribution in [0.15, 0.2) is 0 Å². The van der Waals surface area contributed by atoms with E-state index >= 15 is 0 Å². The first kappa shape index (κ1) is 12.5. The van der Waals surface area contributed by atoms with E-state index in [9.17, 15) is 14.8 Å². The number of hydrogen-bond acceptors (Lipinski definition) is 6. The second-order valence-corrected chi connectivity index (χ2v) is 4.94. The number of rotatable bonds is 3. The smallest absolute Gasteiger partial charge is 0.309 e. The summed E-state index contributed by atoms with van der Waals surface area (Å²) in [5, 5.41) is 11.7. The standard InChI is InChI=1S/C11H17N2O4/c1-4-17-10(15)8-6(2)9(8)11(3)7(14)5-13(16)12-11/h6,8-9,12H,4-5H2,1-3H3/q-1. The van der Waals surface area contributed by atoms with Crippen LogP contribution in [0, 0.1) is 23.0 Å². The number of hydrogen-bond donors (Lipinski definition) is 1. The number of ether oxygens (including phenoxy) is 1. The molecule has 4 atom stereocenters. The Morgan fingerprint density at radius 3 is 2.82 bits per heavy atom. The molecule has 1 aliphatic heterocycles. The number of carbonyl (C=O) groups excluding carboxylic acids is 2. The predicted molar refractivity (Wildman–Crippen MR) is 59.4 cm³/mol. The molecule has 2 rings (SSSR count). The molecule has 96 valence electrons. The topological polar surface area (TPSA) is 81.7 Å². The van der Waals surface area contributed by atoms with Gasteiger partial charge in [0, 0.05) is 5.92 Å². The van der Waals surface area contributed by atoms with Gasteiger partial charge >= 0.3 is 5.97 Å². The lowest BCUT2D eigenvalue weighted by atomic mass is 9.90. The fourth-order valence-corrected chi connectivity index (χ4v) is 2.86. The summed E-state index contributed by atoms with van der Waals surface area (Å²) < 4.78 is 4.96. The van der Waals surface area contributed by atoms with Gasteiger partial charge in [-0.1, -0.05) is 6.92 Å². The van der Waals surface area contributed by atoms with Crippen molar-refractivity contribution in [3.05, 3.63) is 5.21 Å². The van der Waals surface area contributed by atoms with E-state index in [4.69, 9.17) is 4.74 Å². The number of hydroxylamine groups is 1. The van der Waals surface area contributed by atoms with Crippen molar-refractivity contribution in [1.29, 1.82) is 0 Å². The molecular weight excluding hydrogens is 224 g/mol. The van der Waals surface area contributed by atoms with Crippen LogP contribution in [0.25, 0.3) is 0 Å². The number of hydrazine groups is 1. The highest BCUT2D eigenvalue weighted by Gasteiger charge is 2.64. The van der Waals surface area contributed by atoms with Crippen molar-refractivity contribution in [2.75, 3.05) is 13.2 Å². The quantitative estimate of drug-likeness (QED) is 0.704. The second kappa shape index (κ2) is 4.04. The van der Waals surface area contributed by atoms with Crippen LogP contribution < -0.4 is 5.43 Å². The first-order valence-corrected chi connectivity index (χ1v) is 5.84. The zero-order valence-corrected chi connectivity index (χ0v) is 10.2. The highest BCUT2D eigenvalue weighted by molar-refractivity contribution is 5.94. The molecule has 0 aromatic carbocycles. The normalized spacial score (nSPS) is 41.6. The summed E-state index contributed by atoms with van der Waals surface area (Å²) in [6.45, 7) is 5.52. The van der Waals surface area contributed by atoms with Crippen molar-refractivity contribution in [2.45, 2.75) is 26.3 Å². The molecule has 1 saturated heterocycles. The maximum absolute atomic E-state index is 11.8. The van der Waals surface area contributed by atoms with E-state index in [0.717, 1.165) is 0 Å². The lowest BCUT2D eigenvalue weighted by molar-refractivity contribution is -0.145. The van der Waals surface area contributed by atoms with Crippen molar-refractivity contribution in [3.63, 3.8) is 0 Å². The molecule has 1 N–H and O–H groups in total. The van der Waals surface area contributed by atoms with Gasteiger partial charge in [0.25, 0.3) is 0 Å². The van der Waals surface area contributed by atoms with E-state index in [0.29, 0.717) is 11.8 Å². The van der Waals surface area contributed by atoms with E-state index in [2.05, 4.69) is 5.43 Å². The molecule has 0 radical (unpaired) electrons. The minimum Gasteiger partial charge on any atom is -0.771 e. The monoisotopic (exact) mass is 241 g/mol. The van der Waals surface area contributed by atoms with Gasteiger partial charge in [-0.25, -0.2) is 0 Å². The number of nitrogens with zero attached hydrogens (tertiary/aromatic N) is 1. The summed E-state index contributed by atoms with van der Waals surface area (Å²) in [5.74, 6) is -0.778. The maximum Gasteiger partial charge on any atom is 0.309 e. The van der Waals surface area contributed by atoms with Gasteiger partial charge in [0.2, 0.25) is 0 Å². The minimum absolute atomic E-state index is 0.0713. The summed E-state index contributed by atoms with van der Waals surface area (Å²) in [4.78, 5) is 23.5. The highest BCUT2D eigenvalue weighted by atomic mass is 16.5. The molecule has 4 unspecified atom stereocenters. The van der Waals surface area contributed by atoms with Crippen LogP contribution in [0.5, 0.6) is 0 Å². The average molecular weight is 241 g/mol. The Morgan fingerprint density at radius 2 is 2.35 bits per heavy atom. The first-order chi connectivity index (χ1) is 7.91. The van der Waals surface area contributed by atoms with Crippen molar-refractivity contribution < 1.29 is 14.3 Å². The molecule has 0 bridgehead atoms. The van der Waals surface area contributed by atoms with E-state index in [-0.39, 0.29) is 36.1 Å². The van der Waals surface area contributed by atoms with Crippen LogP contribution in [-0.4, -0.2) is 35.6 Å². The predicted octanol–water partition coefficient (Wildman–Crippen LogP) is 0.0774. The summed E-state index contributed by atoms with van der Waals surface area (Å²) in [5.41, 5.74) is 1.70. The van der Waals surface area contributed by atoms with Crippen molar-refractivity contribution in [2.24, 2.45) is 17.8 Å². The fraction of sp³-hybridized carbons (Fsp3) is 0.818. The Hall–Kier alpha value is -0.980. The highest BCUT2D eigenvalue weighted by Crippen LogP contribution is 2.54. The van der Waals surface area contributed by atoms with Crippen LogP contribution in [-0.2, 0) is 14.3 Å². The Labute approximate surface area is 99.8 Å². The largest absolute Gasteiger partial charge is 0.771 e. The second-order valence-electron chi connectivity index (χ2n) is 4.94. The molecule has 0 amide bonds. The Balaban J connectivity index is 2.10. The Morgan fingerprint density at radius 1 is 1.71 bits per heavy atom. The van der Waals surface area contributed by atoms with Gasteiger partial charge in [0.1, 0.15) is 0 Å². The Kier molecular flexibility index (Phi) is 2.97. The SMILES string of the molecule is CCOC(=O)C1C(C)C1C1(C)NN([O-])CC1=O. The van der Waals surface area contributed by atoms with E-state index < -0.39 is 5.54 Å². The van der Waals surface area contributed by atoms with Crippen LogP contribution in [0.3, 0.4) is 0 Å². The fourth-order valence-electron chi connectivity index (χ4n) is 2.86. The van der Waals surface area contributed by atoms with E-state index in [1.54, 1.807) is 13.8 Å². The van der Waals surface area contributed by atoms with Crippen LogP contribution in [0.1, 0.15) is 20.8 Å². The van der Waals surface area contributed by atoms with Gasteiger partial charge < -0.3 is 15.1 Å². The van der Waals surface area contributed by atoms with Gasteiger partial charge in [0.15, 0.2) is 5.78 Å². The number of Topliss-reactive ketones (excluding diaryl/α,β-unsaturated/α-hetero) is 1. The third-order valence-electron chi connectivity index (χ3n) is 3.83. The van der Waals surface area contributed by atoms with Crippen molar-refractivity contribution in [1.82, 2.24) is 10.6 Å². The van der Waals surface area contributed by atoms with Gasteiger partial charge in [-0.2, -0.15) is 0 Å². The summed E-state index contributed by atoms with van der Waals surface area (Å²) in [6.07, 6.45) is 0.